The van der Waals surface area contributed by atoms with Crippen molar-refractivity contribution in [2.24, 2.45) is 0 Å². The van der Waals surface area contributed by atoms with E-state index in [1.54, 1.807) is 11.8 Å². The summed E-state index contributed by atoms with van der Waals surface area (Å²) in [5, 5.41) is 1.11. The average Bonchev–Trinajstić information content (AvgIpc) is 2.42. The van der Waals surface area contributed by atoms with Crippen LogP contribution in [0.1, 0.15) is 64.7 Å². The lowest BCUT2D eigenvalue weighted by molar-refractivity contribution is -0.143. The van der Waals surface area contributed by atoms with Gasteiger partial charge in [0.05, 0.1) is 6.61 Å². The molecule has 0 spiro atoms. The highest BCUT2D eigenvalue weighted by atomic mass is 79.9. The van der Waals surface area contributed by atoms with Crippen LogP contribution in [-0.2, 0) is 9.53 Å². The van der Waals surface area contributed by atoms with E-state index >= 15 is 0 Å². The van der Waals surface area contributed by atoms with Crippen LogP contribution >= 0.6 is 27.7 Å². The molecule has 0 amide bonds. The number of ether oxygens (including phenoxy) is 1. The van der Waals surface area contributed by atoms with Gasteiger partial charge in [0, 0.05) is 5.33 Å². The Morgan fingerprint density at radius 2 is 1.79 bits per heavy atom. The van der Waals surface area contributed by atoms with Gasteiger partial charge in [0.1, 0.15) is 5.25 Å². The minimum absolute atomic E-state index is 0.00973. The molecule has 0 aliphatic carbocycles. The van der Waals surface area contributed by atoms with Gasteiger partial charge in [-0.15, -0.1) is 0 Å². The maximum absolute atomic E-state index is 11.9. The summed E-state index contributed by atoms with van der Waals surface area (Å²) in [6, 6.07) is 0. The summed E-state index contributed by atoms with van der Waals surface area (Å²) >= 11 is 5.04. The van der Waals surface area contributed by atoms with Crippen LogP contribution in [0.25, 0.3) is 0 Å². The predicted molar refractivity (Wildman–Crippen MR) is 89.3 cm³/mol. The molecule has 0 aliphatic rings. The van der Waals surface area contributed by atoms with Crippen molar-refractivity contribution in [2.75, 3.05) is 18.2 Å². The molecule has 0 aromatic carbocycles. The number of hydrogen-bond acceptors (Lipinski definition) is 3. The normalized spacial score (nSPS) is 12.4. The molecule has 19 heavy (non-hydrogen) atoms. The number of carbonyl (C=O) groups excluding carboxylic acids is 1. The first-order valence-corrected chi connectivity index (χ1v) is 9.92. The molecule has 0 heterocycles. The van der Waals surface area contributed by atoms with Crippen molar-refractivity contribution in [2.45, 2.75) is 70.0 Å². The molecule has 0 aliphatic heterocycles. The van der Waals surface area contributed by atoms with Crippen LogP contribution in [-0.4, -0.2) is 29.4 Å². The maximum atomic E-state index is 11.9. The lowest BCUT2D eigenvalue weighted by Crippen LogP contribution is -2.20. The van der Waals surface area contributed by atoms with E-state index in [-0.39, 0.29) is 11.2 Å². The molecule has 0 saturated carbocycles. The fourth-order valence-corrected chi connectivity index (χ4v) is 2.96. The zero-order chi connectivity index (χ0) is 14.3. The number of thioether (sulfide) groups is 1. The molecule has 0 bridgehead atoms. The summed E-state index contributed by atoms with van der Waals surface area (Å²) in [7, 11) is 0. The second-order valence-corrected chi connectivity index (χ2v) is 6.68. The second kappa shape index (κ2) is 14.7. The van der Waals surface area contributed by atoms with Crippen molar-refractivity contribution in [1.29, 1.82) is 0 Å². The third-order valence-electron chi connectivity index (χ3n) is 3.14. The van der Waals surface area contributed by atoms with Gasteiger partial charge in [-0.3, -0.25) is 4.79 Å². The van der Waals surface area contributed by atoms with Crippen LogP contribution in [0.4, 0.5) is 0 Å². The number of unbranched alkanes of at least 4 members (excludes halogenated alkanes) is 6. The summed E-state index contributed by atoms with van der Waals surface area (Å²) in [6.45, 7) is 2.79. The molecule has 0 aromatic rings. The molecule has 1 atom stereocenters. The topological polar surface area (TPSA) is 26.3 Å². The summed E-state index contributed by atoms with van der Waals surface area (Å²) < 4.78 is 5.36. The summed E-state index contributed by atoms with van der Waals surface area (Å²) in [5.41, 5.74) is 0. The van der Waals surface area contributed by atoms with Crippen LogP contribution in [0.15, 0.2) is 0 Å². The highest BCUT2D eigenvalue weighted by molar-refractivity contribution is 9.09. The Balaban J connectivity index is 3.58. The molecule has 0 fully saturated rings. The van der Waals surface area contributed by atoms with Gasteiger partial charge < -0.3 is 4.74 Å². The Labute approximate surface area is 131 Å². The Morgan fingerprint density at radius 3 is 2.42 bits per heavy atom. The first-order valence-electron chi connectivity index (χ1n) is 7.51. The van der Waals surface area contributed by atoms with E-state index in [1.165, 1.54) is 32.1 Å². The van der Waals surface area contributed by atoms with Gasteiger partial charge in [-0.25, -0.2) is 0 Å². The highest BCUT2D eigenvalue weighted by Crippen LogP contribution is 2.17. The molecule has 0 saturated heterocycles. The molecule has 4 heteroatoms. The second-order valence-electron chi connectivity index (χ2n) is 4.84. The van der Waals surface area contributed by atoms with Gasteiger partial charge in [0.2, 0.25) is 0 Å². The van der Waals surface area contributed by atoms with Crippen molar-refractivity contribution < 1.29 is 9.53 Å². The third-order valence-corrected chi connectivity index (χ3v) is 4.70. The molecule has 2 nitrogen and oxygen atoms in total. The third kappa shape index (κ3) is 11.8. The molecule has 0 rings (SSSR count). The van der Waals surface area contributed by atoms with E-state index in [0.29, 0.717) is 6.61 Å². The van der Waals surface area contributed by atoms with Crippen LogP contribution in [0.5, 0.6) is 0 Å². The fraction of sp³-hybridized carbons (Fsp3) is 0.933. The SMILES string of the molecule is CCCCCCC(SC)C(=O)OCCCCCCBr. The van der Waals surface area contributed by atoms with Gasteiger partial charge in [0.15, 0.2) is 0 Å². The lowest BCUT2D eigenvalue weighted by atomic mass is 10.1. The number of esters is 1. The summed E-state index contributed by atoms with van der Waals surface area (Å²) in [4.78, 5) is 11.9. The van der Waals surface area contributed by atoms with E-state index in [2.05, 4.69) is 22.9 Å². The van der Waals surface area contributed by atoms with Crippen molar-refractivity contribution >= 4 is 33.7 Å². The van der Waals surface area contributed by atoms with Crippen molar-refractivity contribution in [3.05, 3.63) is 0 Å². The predicted octanol–water partition coefficient (Wildman–Crippen LogP) is 5.19. The van der Waals surface area contributed by atoms with Gasteiger partial charge in [-0.2, -0.15) is 11.8 Å². The minimum atomic E-state index is -0.00973. The van der Waals surface area contributed by atoms with E-state index in [9.17, 15) is 4.79 Å². The quantitative estimate of drug-likeness (QED) is 0.259. The maximum Gasteiger partial charge on any atom is 0.319 e. The Bertz CT molecular complexity index is 212. The number of carbonyl (C=O) groups is 1. The molecule has 0 radical (unpaired) electrons. The molecule has 0 N–H and O–H groups in total. The van der Waals surface area contributed by atoms with Gasteiger partial charge >= 0.3 is 5.97 Å². The largest absolute Gasteiger partial charge is 0.465 e. The van der Waals surface area contributed by atoms with Crippen LogP contribution in [0.3, 0.4) is 0 Å². The van der Waals surface area contributed by atoms with Crippen molar-refractivity contribution in [3.8, 4) is 0 Å². The first-order chi connectivity index (χ1) is 9.26. The molecule has 114 valence electrons. The standard InChI is InChI=1S/C15H29BrO2S/c1-3-4-5-8-11-14(19-2)15(17)18-13-10-7-6-9-12-16/h14H,3-13H2,1-2H3. The fourth-order valence-electron chi connectivity index (χ4n) is 1.90. The van der Waals surface area contributed by atoms with Gasteiger partial charge in [0.25, 0.3) is 0 Å². The lowest BCUT2D eigenvalue weighted by Gasteiger charge is -2.13. The summed E-state index contributed by atoms with van der Waals surface area (Å²) in [5.74, 6) is -0.00973. The first kappa shape index (κ1) is 19.3. The number of hydrogen-bond donors (Lipinski definition) is 0. The molecular formula is C15H29BrO2S. The highest BCUT2D eigenvalue weighted by Gasteiger charge is 2.17. The van der Waals surface area contributed by atoms with Crippen LogP contribution in [0.2, 0.25) is 0 Å². The van der Waals surface area contributed by atoms with Crippen molar-refractivity contribution in [3.63, 3.8) is 0 Å². The van der Waals surface area contributed by atoms with Gasteiger partial charge in [-0.1, -0.05) is 61.4 Å². The Hall–Kier alpha value is 0.300. The van der Waals surface area contributed by atoms with Gasteiger partial charge in [-0.05, 0) is 25.5 Å². The van der Waals surface area contributed by atoms with E-state index in [0.717, 1.165) is 31.0 Å². The van der Waals surface area contributed by atoms with E-state index < -0.39 is 0 Å². The molecular weight excluding hydrogens is 324 g/mol. The average molecular weight is 353 g/mol. The van der Waals surface area contributed by atoms with Crippen LogP contribution < -0.4 is 0 Å². The van der Waals surface area contributed by atoms with Crippen LogP contribution in [0, 0.1) is 0 Å². The smallest absolute Gasteiger partial charge is 0.319 e. The van der Waals surface area contributed by atoms with E-state index in [4.69, 9.17) is 4.74 Å². The number of rotatable bonds is 13. The number of halogens is 1. The Kier molecular flexibility index (Phi) is 14.9. The van der Waals surface area contributed by atoms with E-state index in [1.807, 2.05) is 6.26 Å². The van der Waals surface area contributed by atoms with Crippen molar-refractivity contribution in [1.82, 2.24) is 0 Å². The zero-order valence-electron chi connectivity index (χ0n) is 12.5. The molecule has 1 unspecified atom stereocenters. The number of alkyl halides is 1. The molecule has 0 aromatic heterocycles. The summed E-state index contributed by atoms with van der Waals surface area (Å²) in [6.07, 6.45) is 12.4. The zero-order valence-corrected chi connectivity index (χ0v) is 14.9. The monoisotopic (exact) mass is 352 g/mol. The Morgan fingerprint density at radius 1 is 1.11 bits per heavy atom. The minimum Gasteiger partial charge on any atom is -0.465 e.